The first-order chi connectivity index (χ1) is 16.0. The second kappa shape index (κ2) is 9.80. The molecule has 180 valence electrons. The van der Waals surface area contributed by atoms with E-state index in [0.29, 0.717) is 53.8 Å². The van der Waals surface area contributed by atoms with Crippen molar-refractivity contribution in [2.45, 2.75) is 77.2 Å². The standard InChI is InChI=1S/C29H40O4/c1-18(8-15-28(31)32-2)22-13-14-25-24-11-9-19-16-21(33-20-6-4-3-5-7-20)10-12-23(19)26(24)17-27(30)29(22)25/h3-7,18-19,21-26,29H,8-17H2,1-2H3/t18-,19+,21+,22-,23-,24-,25+,26-,29-/m0/s1. The number of carbonyl (C=O) groups is 2. The van der Waals surface area contributed by atoms with Crippen LogP contribution in [0.25, 0.3) is 0 Å². The van der Waals surface area contributed by atoms with Crippen LogP contribution in [0.15, 0.2) is 30.3 Å². The highest BCUT2D eigenvalue weighted by Gasteiger charge is 2.55. The van der Waals surface area contributed by atoms with Gasteiger partial charge in [0, 0.05) is 18.8 Å². The molecule has 0 heterocycles. The SMILES string of the molecule is COC(=O)CC[C@H](C)[C@@H]1CC[C@@H]2[C@@H]3CC[C@@H]4C[C@H](Oc5ccccc5)CC[C@@H]4[C@@H]3CC(=O)[C@H]21. The predicted octanol–water partition coefficient (Wildman–Crippen LogP) is 6.08. The molecule has 0 radical (unpaired) electrons. The third kappa shape index (κ3) is 4.59. The topological polar surface area (TPSA) is 52.6 Å². The van der Waals surface area contributed by atoms with Crippen molar-refractivity contribution < 1.29 is 19.1 Å². The lowest BCUT2D eigenvalue weighted by atomic mass is 9.52. The number of Topliss-reactive ketones (excluding diaryl/α,β-unsaturated/α-hetero) is 1. The van der Waals surface area contributed by atoms with Gasteiger partial charge in [-0.15, -0.1) is 0 Å². The average Bonchev–Trinajstić information content (AvgIpc) is 3.29. The number of esters is 1. The Bertz CT molecular complexity index is 835. The maximum Gasteiger partial charge on any atom is 0.305 e. The summed E-state index contributed by atoms with van der Waals surface area (Å²) in [5.74, 6) is 5.86. The minimum absolute atomic E-state index is 0.128. The van der Waals surface area contributed by atoms with Crippen molar-refractivity contribution >= 4 is 11.8 Å². The number of hydrogen-bond acceptors (Lipinski definition) is 4. The van der Waals surface area contributed by atoms with Gasteiger partial charge in [-0.1, -0.05) is 25.1 Å². The second-order valence-corrected chi connectivity index (χ2v) is 11.4. The van der Waals surface area contributed by atoms with Gasteiger partial charge < -0.3 is 9.47 Å². The minimum Gasteiger partial charge on any atom is -0.490 e. The quantitative estimate of drug-likeness (QED) is 0.491. The average molecular weight is 453 g/mol. The van der Waals surface area contributed by atoms with E-state index in [1.54, 1.807) is 0 Å². The molecule has 1 aromatic carbocycles. The predicted molar refractivity (Wildman–Crippen MR) is 128 cm³/mol. The van der Waals surface area contributed by atoms with Crippen molar-refractivity contribution in [3.8, 4) is 5.75 Å². The largest absolute Gasteiger partial charge is 0.490 e. The summed E-state index contributed by atoms with van der Waals surface area (Å²) < 4.78 is 11.2. The molecule has 4 heteroatoms. The molecule has 4 nitrogen and oxygen atoms in total. The summed E-state index contributed by atoms with van der Waals surface area (Å²) in [5, 5.41) is 0. The number of hydrogen-bond donors (Lipinski definition) is 0. The van der Waals surface area contributed by atoms with Gasteiger partial charge in [0.15, 0.2) is 0 Å². The minimum atomic E-state index is -0.128. The summed E-state index contributed by atoms with van der Waals surface area (Å²) >= 11 is 0. The molecule has 0 aromatic heterocycles. The van der Waals surface area contributed by atoms with Crippen LogP contribution in [0.1, 0.15) is 71.1 Å². The fourth-order valence-electron chi connectivity index (χ4n) is 8.40. The van der Waals surface area contributed by atoms with E-state index in [2.05, 4.69) is 19.1 Å². The fraction of sp³-hybridized carbons (Fsp3) is 0.724. The molecule has 33 heavy (non-hydrogen) atoms. The van der Waals surface area contributed by atoms with Crippen molar-refractivity contribution in [1.82, 2.24) is 0 Å². The highest BCUT2D eigenvalue weighted by atomic mass is 16.5. The zero-order chi connectivity index (χ0) is 22.9. The Morgan fingerprint density at radius 2 is 1.73 bits per heavy atom. The van der Waals surface area contributed by atoms with E-state index in [-0.39, 0.29) is 11.9 Å². The molecule has 0 spiro atoms. The molecule has 0 aliphatic heterocycles. The molecular weight excluding hydrogens is 412 g/mol. The molecule has 5 rings (SSSR count). The highest BCUT2D eigenvalue weighted by Crippen LogP contribution is 2.59. The molecule has 9 atom stereocenters. The smallest absolute Gasteiger partial charge is 0.305 e. The number of carbonyl (C=O) groups excluding carboxylic acids is 2. The van der Waals surface area contributed by atoms with Crippen LogP contribution in [0.2, 0.25) is 0 Å². The molecule has 4 aliphatic carbocycles. The summed E-state index contributed by atoms with van der Waals surface area (Å²) in [7, 11) is 1.46. The number of para-hydroxylation sites is 1. The maximum atomic E-state index is 13.5. The number of ketones is 1. The van der Waals surface area contributed by atoms with Crippen LogP contribution in [0, 0.1) is 47.3 Å². The lowest BCUT2D eigenvalue weighted by Gasteiger charge is -2.52. The normalized spacial score (nSPS) is 38.5. The Hall–Kier alpha value is -1.84. The molecule has 4 fully saturated rings. The van der Waals surface area contributed by atoms with Crippen molar-refractivity contribution in [3.05, 3.63) is 30.3 Å². The molecule has 1 aromatic rings. The molecule has 4 aliphatic rings. The Kier molecular flexibility index (Phi) is 6.81. The van der Waals surface area contributed by atoms with Gasteiger partial charge >= 0.3 is 5.97 Å². The first kappa shape index (κ1) is 22.9. The van der Waals surface area contributed by atoms with E-state index < -0.39 is 0 Å². The summed E-state index contributed by atoms with van der Waals surface area (Å²) in [4.78, 5) is 25.1. The van der Waals surface area contributed by atoms with Crippen molar-refractivity contribution in [1.29, 1.82) is 0 Å². The van der Waals surface area contributed by atoms with Crippen LogP contribution in [-0.2, 0) is 14.3 Å². The number of methoxy groups -OCH3 is 1. The van der Waals surface area contributed by atoms with Crippen molar-refractivity contribution in [3.63, 3.8) is 0 Å². The van der Waals surface area contributed by atoms with E-state index in [1.807, 2.05) is 18.2 Å². The number of ether oxygens (including phenoxy) is 2. The van der Waals surface area contributed by atoms with E-state index >= 15 is 0 Å². The second-order valence-electron chi connectivity index (χ2n) is 11.4. The molecule has 0 bridgehead atoms. The third-order valence-corrected chi connectivity index (χ3v) is 9.89. The number of benzene rings is 1. The van der Waals surface area contributed by atoms with Crippen LogP contribution in [-0.4, -0.2) is 25.0 Å². The third-order valence-electron chi connectivity index (χ3n) is 9.89. The Balaban J connectivity index is 1.22. The van der Waals surface area contributed by atoms with Gasteiger partial charge in [-0.2, -0.15) is 0 Å². The van der Waals surface area contributed by atoms with E-state index in [9.17, 15) is 9.59 Å². The van der Waals surface area contributed by atoms with Gasteiger partial charge in [0.2, 0.25) is 0 Å². The highest BCUT2D eigenvalue weighted by molar-refractivity contribution is 5.83. The van der Waals surface area contributed by atoms with Crippen LogP contribution < -0.4 is 4.74 Å². The molecule has 0 N–H and O–H groups in total. The van der Waals surface area contributed by atoms with Crippen LogP contribution in [0.3, 0.4) is 0 Å². The lowest BCUT2D eigenvalue weighted by molar-refractivity contribution is -0.141. The van der Waals surface area contributed by atoms with Gasteiger partial charge in [-0.25, -0.2) is 0 Å². The summed E-state index contributed by atoms with van der Waals surface area (Å²) in [6.07, 6.45) is 10.9. The van der Waals surface area contributed by atoms with Gasteiger partial charge in [0.1, 0.15) is 11.5 Å². The maximum absolute atomic E-state index is 13.5. The van der Waals surface area contributed by atoms with E-state index in [0.717, 1.165) is 43.8 Å². The van der Waals surface area contributed by atoms with Gasteiger partial charge in [-0.3, -0.25) is 9.59 Å². The van der Waals surface area contributed by atoms with Gasteiger partial charge in [0.05, 0.1) is 13.2 Å². The Morgan fingerprint density at radius 1 is 0.970 bits per heavy atom. The van der Waals surface area contributed by atoms with E-state index in [4.69, 9.17) is 9.47 Å². The molecule has 0 unspecified atom stereocenters. The monoisotopic (exact) mass is 452 g/mol. The number of rotatable bonds is 6. The molecular formula is C29H40O4. The van der Waals surface area contributed by atoms with Crippen molar-refractivity contribution in [2.75, 3.05) is 7.11 Å². The van der Waals surface area contributed by atoms with Gasteiger partial charge in [0.25, 0.3) is 0 Å². The first-order valence-electron chi connectivity index (χ1n) is 13.4. The molecule has 0 saturated heterocycles. The summed E-state index contributed by atoms with van der Waals surface area (Å²) in [6, 6.07) is 10.2. The lowest BCUT2D eigenvalue weighted by Crippen LogP contribution is -2.49. The van der Waals surface area contributed by atoms with E-state index in [1.165, 1.54) is 32.8 Å². The van der Waals surface area contributed by atoms with Crippen LogP contribution in [0.5, 0.6) is 5.75 Å². The first-order valence-corrected chi connectivity index (χ1v) is 13.4. The van der Waals surface area contributed by atoms with Crippen molar-refractivity contribution in [2.24, 2.45) is 47.3 Å². The number of fused-ring (bicyclic) bond motifs is 5. The summed E-state index contributed by atoms with van der Waals surface area (Å²) in [6.45, 7) is 2.25. The van der Waals surface area contributed by atoms with Gasteiger partial charge in [-0.05, 0) is 105 Å². The summed E-state index contributed by atoms with van der Waals surface area (Å²) in [5.41, 5.74) is 0. The van der Waals surface area contributed by atoms with Crippen LogP contribution in [0.4, 0.5) is 0 Å². The fourth-order valence-corrected chi connectivity index (χ4v) is 8.40. The Labute approximate surface area is 198 Å². The zero-order valence-electron chi connectivity index (χ0n) is 20.3. The molecule has 0 amide bonds. The Morgan fingerprint density at radius 3 is 2.52 bits per heavy atom. The van der Waals surface area contributed by atoms with Crippen LogP contribution >= 0.6 is 0 Å². The zero-order valence-corrected chi connectivity index (χ0v) is 20.3. The molecule has 4 saturated carbocycles.